The highest BCUT2D eigenvalue weighted by molar-refractivity contribution is 8.00. The van der Waals surface area contributed by atoms with Gasteiger partial charge in [-0.25, -0.2) is 4.79 Å². The fourth-order valence-electron chi connectivity index (χ4n) is 3.39. The molecule has 8 heteroatoms. The Hall–Kier alpha value is -2.09. The zero-order valence-electron chi connectivity index (χ0n) is 15.0. The molecule has 3 rings (SSSR count). The van der Waals surface area contributed by atoms with Crippen molar-refractivity contribution in [3.63, 3.8) is 0 Å². The van der Waals surface area contributed by atoms with Crippen LogP contribution in [0.15, 0.2) is 18.2 Å². The Kier molecular flexibility index (Phi) is 6.13. The molecule has 7 nitrogen and oxygen atoms in total. The van der Waals surface area contributed by atoms with Crippen LogP contribution >= 0.6 is 11.8 Å². The van der Waals surface area contributed by atoms with E-state index in [1.54, 1.807) is 32.4 Å². The molecule has 142 valence electrons. The summed E-state index contributed by atoms with van der Waals surface area (Å²) in [4.78, 5) is 23.6. The molecule has 3 amide bonds. The van der Waals surface area contributed by atoms with Crippen molar-refractivity contribution in [3.8, 4) is 11.5 Å². The summed E-state index contributed by atoms with van der Waals surface area (Å²) in [5.41, 5.74) is 0.646. The van der Waals surface area contributed by atoms with E-state index >= 15 is 0 Å². The van der Waals surface area contributed by atoms with Crippen LogP contribution in [0.25, 0.3) is 0 Å². The van der Waals surface area contributed by atoms with Crippen LogP contribution in [0.2, 0.25) is 0 Å². The highest BCUT2D eigenvalue weighted by atomic mass is 32.2. The summed E-state index contributed by atoms with van der Waals surface area (Å²) in [5.74, 6) is 2.20. The van der Waals surface area contributed by atoms with E-state index in [-0.39, 0.29) is 24.0 Å². The Balaban J connectivity index is 1.40. The molecule has 0 aliphatic carbocycles. The summed E-state index contributed by atoms with van der Waals surface area (Å²) < 4.78 is 10.4. The van der Waals surface area contributed by atoms with E-state index in [1.165, 1.54) is 0 Å². The fourth-order valence-corrected chi connectivity index (χ4v) is 4.93. The van der Waals surface area contributed by atoms with Crippen LogP contribution in [0.4, 0.5) is 10.5 Å². The molecule has 0 bridgehead atoms. The molecule has 2 fully saturated rings. The highest BCUT2D eigenvalue weighted by Gasteiger charge is 2.42. The number of hydrogen-bond donors (Lipinski definition) is 3. The number of amides is 3. The first-order valence-electron chi connectivity index (χ1n) is 8.81. The summed E-state index contributed by atoms with van der Waals surface area (Å²) in [5, 5.41) is 9.27. The Morgan fingerprint density at radius 2 is 2.12 bits per heavy atom. The van der Waals surface area contributed by atoms with Crippen LogP contribution < -0.4 is 25.4 Å². The van der Waals surface area contributed by atoms with Gasteiger partial charge in [0.15, 0.2) is 0 Å². The summed E-state index contributed by atoms with van der Waals surface area (Å²) in [6.07, 6.45) is 3.25. The lowest BCUT2D eigenvalue weighted by Crippen LogP contribution is -2.36. The molecule has 0 radical (unpaired) electrons. The number of hydrogen-bond acceptors (Lipinski definition) is 5. The van der Waals surface area contributed by atoms with Crippen LogP contribution in [0.5, 0.6) is 11.5 Å². The number of anilines is 1. The number of ether oxygens (including phenoxy) is 2. The second kappa shape index (κ2) is 8.53. The first-order chi connectivity index (χ1) is 12.6. The number of carbonyl (C=O) groups is 2. The van der Waals surface area contributed by atoms with Crippen LogP contribution in [0.3, 0.4) is 0 Å². The summed E-state index contributed by atoms with van der Waals surface area (Å²) >= 11 is 1.90. The highest BCUT2D eigenvalue weighted by Crippen LogP contribution is 2.33. The van der Waals surface area contributed by atoms with Gasteiger partial charge in [-0.2, -0.15) is 11.8 Å². The molecule has 2 aliphatic rings. The number of carbonyl (C=O) groups excluding carboxylic acids is 2. The van der Waals surface area contributed by atoms with E-state index in [2.05, 4.69) is 16.0 Å². The van der Waals surface area contributed by atoms with Crippen LogP contribution in [-0.2, 0) is 4.79 Å². The lowest BCUT2D eigenvalue weighted by molar-refractivity contribution is -0.116. The van der Waals surface area contributed by atoms with Gasteiger partial charge in [-0.15, -0.1) is 0 Å². The van der Waals surface area contributed by atoms with Gasteiger partial charge in [0, 0.05) is 23.5 Å². The predicted molar refractivity (Wildman–Crippen MR) is 102 cm³/mol. The Bertz CT molecular complexity index is 670. The molecular formula is C18H25N3O4S. The van der Waals surface area contributed by atoms with Gasteiger partial charge < -0.3 is 25.4 Å². The van der Waals surface area contributed by atoms with Crippen LogP contribution in [0, 0.1) is 0 Å². The normalized spacial score (nSPS) is 23.8. The van der Waals surface area contributed by atoms with Gasteiger partial charge >= 0.3 is 6.03 Å². The monoisotopic (exact) mass is 379 g/mol. The molecule has 2 saturated heterocycles. The van der Waals surface area contributed by atoms with Gasteiger partial charge in [0.1, 0.15) is 11.5 Å². The molecule has 0 aromatic heterocycles. The molecule has 0 saturated carbocycles. The van der Waals surface area contributed by atoms with Crippen molar-refractivity contribution in [1.82, 2.24) is 10.6 Å². The number of rotatable bonds is 8. The predicted octanol–water partition coefficient (Wildman–Crippen LogP) is 2.37. The number of thioether (sulfide) groups is 1. The first kappa shape index (κ1) is 18.7. The third kappa shape index (κ3) is 4.35. The van der Waals surface area contributed by atoms with Crippen molar-refractivity contribution in [2.24, 2.45) is 0 Å². The standard InChI is InChI=1S/C18H25N3O4S/c1-24-11-7-8-12(14(9-11)25-2)19-16(22)6-4-3-5-15-17-13(10-26-15)20-18(23)21-17/h7-9,13,15,17H,3-6,10H2,1-2H3,(H,19,22)(H2,20,21,23)/t13-,15+,17+/m0/s1. The van der Waals surface area contributed by atoms with Gasteiger partial charge in [-0.3, -0.25) is 4.79 Å². The zero-order valence-corrected chi connectivity index (χ0v) is 15.9. The van der Waals surface area contributed by atoms with Crippen molar-refractivity contribution in [2.75, 3.05) is 25.3 Å². The van der Waals surface area contributed by atoms with Crippen LogP contribution in [-0.4, -0.2) is 49.2 Å². The van der Waals surface area contributed by atoms with Crippen molar-refractivity contribution in [3.05, 3.63) is 18.2 Å². The second-order valence-electron chi connectivity index (χ2n) is 6.48. The maximum atomic E-state index is 12.2. The molecule has 2 aliphatic heterocycles. The number of unbranched alkanes of at least 4 members (excludes halogenated alkanes) is 1. The van der Waals surface area contributed by atoms with E-state index in [4.69, 9.17) is 9.47 Å². The molecule has 26 heavy (non-hydrogen) atoms. The Labute approximate surface area is 157 Å². The lowest BCUT2D eigenvalue weighted by Gasteiger charge is -2.16. The summed E-state index contributed by atoms with van der Waals surface area (Å²) in [7, 11) is 3.15. The van der Waals surface area contributed by atoms with E-state index in [9.17, 15) is 9.59 Å². The Morgan fingerprint density at radius 1 is 1.27 bits per heavy atom. The largest absolute Gasteiger partial charge is 0.497 e. The number of methoxy groups -OCH3 is 2. The second-order valence-corrected chi connectivity index (χ2v) is 7.75. The van der Waals surface area contributed by atoms with Crippen molar-refractivity contribution >= 4 is 29.4 Å². The van der Waals surface area contributed by atoms with E-state index in [0.29, 0.717) is 28.9 Å². The number of urea groups is 1. The molecule has 0 unspecified atom stereocenters. The minimum absolute atomic E-state index is 0.0266. The van der Waals surface area contributed by atoms with Crippen LogP contribution in [0.1, 0.15) is 25.7 Å². The average Bonchev–Trinajstić information content (AvgIpc) is 3.18. The van der Waals surface area contributed by atoms with E-state index in [0.717, 1.165) is 25.0 Å². The third-order valence-electron chi connectivity index (χ3n) is 4.76. The molecule has 3 atom stereocenters. The van der Waals surface area contributed by atoms with Gasteiger partial charge in [0.05, 0.1) is 32.0 Å². The minimum atomic E-state index is -0.0573. The van der Waals surface area contributed by atoms with Gasteiger partial charge in [-0.05, 0) is 25.0 Å². The lowest BCUT2D eigenvalue weighted by atomic mass is 10.0. The number of nitrogens with one attached hydrogen (secondary N) is 3. The van der Waals surface area contributed by atoms with Gasteiger partial charge in [0.25, 0.3) is 0 Å². The molecular weight excluding hydrogens is 354 g/mol. The number of fused-ring (bicyclic) bond motifs is 1. The molecule has 1 aromatic carbocycles. The van der Waals surface area contributed by atoms with Gasteiger partial charge in [0.2, 0.25) is 5.91 Å². The van der Waals surface area contributed by atoms with E-state index in [1.807, 2.05) is 11.8 Å². The first-order valence-corrected chi connectivity index (χ1v) is 9.86. The minimum Gasteiger partial charge on any atom is -0.497 e. The zero-order chi connectivity index (χ0) is 18.5. The maximum absolute atomic E-state index is 12.2. The molecule has 0 spiro atoms. The van der Waals surface area contributed by atoms with Crippen molar-refractivity contribution in [2.45, 2.75) is 43.0 Å². The Morgan fingerprint density at radius 3 is 2.88 bits per heavy atom. The molecule has 3 N–H and O–H groups in total. The molecule has 2 heterocycles. The smallest absolute Gasteiger partial charge is 0.315 e. The average molecular weight is 379 g/mol. The van der Waals surface area contributed by atoms with E-state index < -0.39 is 0 Å². The quantitative estimate of drug-likeness (QED) is 0.477. The van der Waals surface area contributed by atoms with Crippen molar-refractivity contribution < 1.29 is 19.1 Å². The third-order valence-corrected chi connectivity index (χ3v) is 6.27. The maximum Gasteiger partial charge on any atom is 0.315 e. The summed E-state index contributed by atoms with van der Waals surface area (Å²) in [6.45, 7) is 0. The fraction of sp³-hybridized carbons (Fsp3) is 0.556. The topological polar surface area (TPSA) is 88.7 Å². The SMILES string of the molecule is COc1ccc(NC(=O)CCCC[C@H]2SC[C@@H]3NC(=O)N[C@H]32)c(OC)c1. The molecule has 1 aromatic rings. The van der Waals surface area contributed by atoms with Crippen molar-refractivity contribution in [1.29, 1.82) is 0 Å². The van der Waals surface area contributed by atoms with Gasteiger partial charge in [-0.1, -0.05) is 6.42 Å². The number of benzene rings is 1. The summed E-state index contributed by atoms with van der Waals surface area (Å²) in [6, 6.07) is 5.73.